The Morgan fingerprint density at radius 1 is 1.04 bits per heavy atom. The molecule has 0 saturated carbocycles. The molecule has 0 bridgehead atoms. The largest absolute Gasteiger partial charge is 0.352 e. The van der Waals surface area contributed by atoms with Gasteiger partial charge in [-0.15, -0.1) is 0 Å². The summed E-state index contributed by atoms with van der Waals surface area (Å²) < 4.78 is 0. The number of carbonyl (C=O) groups excluding carboxylic acids is 2. The summed E-state index contributed by atoms with van der Waals surface area (Å²) in [7, 11) is 3.32. The molecule has 126 valence electrons. The first kappa shape index (κ1) is 17.4. The summed E-state index contributed by atoms with van der Waals surface area (Å²) in [6.07, 6.45) is 3.96. The van der Waals surface area contributed by atoms with Crippen molar-refractivity contribution < 1.29 is 9.59 Å². The maximum absolute atomic E-state index is 12.2. The Morgan fingerprint density at radius 3 is 2.54 bits per heavy atom. The van der Waals surface area contributed by atoms with Gasteiger partial charge in [-0.05, 0) is 24.3 Å². The monoisotopic (exact) mass is 327 g/mol. The Morgan fingerprint density at radius 2 is 1.83 bits per heavy atom. The Balaban J connectivity index is 1.85. The van der Waals surface area contributed by atoms with E-state index in [1.165, 1.54) is 4.90 Å². The van der Waals surface area contributed by atoms with Crippen molar-refractivity contribution in [3.8, 4) is 0 Å². The molecule has 2 aromatic rings. The van der Waals surface area contributed by atoms with E-state index in [0.29, 0.717) is 24.2 Å². The van der Waals surface area contributed by atoms with Gasteiger partial charge < -0.3 is 15.5 Å². The highest BCUT2D eigenvalue weighted by Gasteiger charge is 2.08. The van der Waals surface area contributed by atoms with E-state index in [1.807, 2.05) is 18.2 Å². The molecule has 2 N–H and O–H groups in total. The third-order valence-corrected chi connectivity index (χ3v) is 3.30. The Kier molecular flexibility index (Phi) is 6.24. The van der Waals surface area contributed by atoms with Crippen LogP contribution in [0.25, 0.3) is 0 Å². The van der Waals surface area contributed by atoms with Crippen LogP contribution < -0.4 is 10.6 Å². The molecular formula is C17H21N5O2. The van der Waals surface area contributed by atoms with Crippen LogP contribution in [0.1, 0.15) is 21.7 Å². The van der Waals surface area contributed by atoms with Gasteiger partial charge in [-0.3, -0.25) is 14.8 Å². The number of nitrogens with one attached hydrogen (secondary N) is 2. The summed E-state index contributed by atoms with van der Waals surface area (Å²) >= 11 is 0. The van der Waals surface area contributed by atoms with E-state index in [-0.39, 0.29) is 18.5 Å². The van der Waals surface area contributed by atoms with Crippen LogP contribution in [0.4, 0.5) is 4.79 Å². The van der Waals surface area contributed by atoms with E-state index in [2.05, 4.69) is 20.6 Å². The topological polar surface area (TPSA) is 87.2 Å². The lowest BCUT2D eigenvalue weighted by Gasteiger charge is -2.12. The van der Waals surface area contributed by atoms with Crippen molar-refractivity contribution in [3.63, 3.8) is 0 Å². The highest BCUT2D eigenvalue weighted by atomic mass is 16.2. The molecule has 7 nitrogen and oxygen atoms in total. The number of rotatable bonds is 6. The van der Waals surface area contributed by atoms with E-state index in [4.69, 9.17) is 0 Å². The minimum Gasteiger partial charge on any atom is -0.352 e. The predicted molar refractivity (Wildman–Crippen MR) is 90.4 cm³/mol. The predicted octanol–water partition coefficient (Wildman–Crippen LogP) is 1.22. The van der Waals surface area contributed by atoms with Crippen LogP contribution in [0.3, 0.4) is 0 Å². The van der Waals surface area contributed by atoms with Crippen molar-refractivity contribution in [2.75, 3.05) is 20.6 Å². The normalized spacial score (nSPS) is 10.1. The molecule has 0 aliphatic heterocycles. The van der Waals surface area contributed by atoms with Crippen molar-refractivity contribution in [1.29, 1.82) is 0 Å². The molecule has 2 heterocycles. The van der Waals surface area contributed by atoms with Crippen molar-refractivity contribution in [2.24, 2.45) is 0 Å². The first-order valence-corrected chi connectivity index (χ1v) is 7.64. The molecule has 0 radical (unpaired) electrons. The Hall–Kier alpha value is -2.96. The van der Waals surface area contributed by atoms with Gasteiger partial charge in [0.25, 0.3) is 5.91 Å². The van der Waals surface area contributed by atoms with Gasteiger partial charge in [0.05, 0.1) is 12.2 Å². The van der Waals surface area contributed by atoms with Gasteiger partial charge in [0.2, 0.25) is 0 Å². The van der Waals surface area contributed by atoms with Gasteiger partial charge in [-0.1, -0.05) is 6.07 Å². The molecular weight excluding hydrogens is 306 g/mol. The molecule has 3 amide bonds. The maximum atomic E-state index is 12.2. The minimum absolute atomic E-state index is 0.173. The van der Waals surface area contributed by atoms with E-state index >= 15 is 0 Å². The second-order valence-corrected chi connectivity index (χ2v) is 5.42. The second-order valence-electron chi connectivity index (χ2n) is 5.42. The van der Waals surface area contributed by atoms with E-state index < -0.39 is 0 Å². The number of aromatic nitrogens is 2. The zero-order valence-electron chi connectivity index (χ0n) is 13.8. The van der Waals surface area contributed by atoms with Crippen LogP contribution in [0.15, 0.2) is 42.7 Å². The van der Waals surface area contributed by atoms with Crippen molar-refractivity contribution in [2.45, 2.75) is 13.0 Å². The lowest BCUT2D eigenvalue weighted by atomic mass is 10.2. The van der Waals surface area contributed by atoms with Gasteiger partial charge in [0.1, 0.15) is 0 Å². The van der Waals surface area contributed by atoms with Crippen LogP contribution in [-0.2, 0) is 13.0 Å². The smallest absolute Gasteiger partial charge is 0.317 e. The Bertz CT molecular complexity index is 688. The molecule has 0 fully saturated rings. The van der Waals surface area contributed by atoms with Crippen molar-refractivity contribution in [3.05, 3.63) is 59.7 Å². The van der Waals surface area contributed by atoms with Crippen LogP contribution in [0, 0.1) is 0 Å². The van der Waals surface area contributed by atoms with Gasteiger partial charge in [0, 0.05) is 50.7 Å². The van der Waals surface area contributed by atoms with Gasteiger partial charge in [-0.25, -0.2) is 4.79 Å². The molecule has 0 aromatic carbocycles. The average Bonchev–Trinajstić information content (AvgIpc) is 2.60. The van der Waals surface area contributed by atoms with E-state index in [1.54, 1.807) is 38.6 Å². The lowest BCUT2D eigenvalue weighted by molar-refractivity contribution is 0.0954. The summed E-state index contributed by atoms with van der Waals surface area (Å²) in [5, 5.41) is 5.57. The molecule has 0 atom stereocenters. The summed E-state index contributed by atoms with van der Waals surface area (Å²) in [6.45, 7) is 0.775. The fourth-order valence-electron chi connectivity index (χ4n) is 1.99. The third-order valence-electron chi connectivity index (χ3n) is 3.30. The van der Waals surface area contributed by atoms with Crippen LogP contribution in [0.2, 0.25) is 0 Å². The first-order valence-electron chi connectivity index (χ1n) is 7.64. The zero-order valence-corrected chi connectivity index (χ0v) is 13.8. The highest BCUT2D eigenvalue weighted by molar-refractivity contribution is 5.94. The molecule has 2 aromatic heterocycles. The third kappa shape index (κ3) is 5.35. The summed E-state index contributed by atoms with van der Waals surface area (Å²) in [6, 6.07) is 8.81. The van der Waals surface area contributed by atoms with Crippen LogP contribution in [-0.4, -0.2) is 47.4 Å². The molecule has 0 aliphatic carbocycles. The number of hydrogen-bond acceptors (Lipinski definition) is 4. The number of pyridine rings is 2. The molecule has 0 spiro atoms. The summed E-state index contributed by atoms with van der Waals surface area (Å²) in [4.78, 5) is 33.5. The number of carbonyl (C=O) groups is 2. The van der Waals surface area contributed by atoms with Gasteiger partial charge >= 0.3 is 6.03 Å². The number of urea groups is 1. The second kappa shape index (κ2) is 8.61. The minimum atomic E-state index is -0.206. The quantitative estimate of drug-likeness (QED) is 0.835. The fourth-order valence-corrected chi connectivity index (χ4v) is 1.99. The molecule has 0 unspecified atom stereocenters. The van der Waals surface area contributed by atoms with Crippen LogP contribution >= 0.6 is 0 Å². The van der Waals surface area contributed by atoms with Gasteiger partial charge in [-0.2, -0.15) is 0 Å². The highest BCUT2D eigenvalue weighted by Crippen LogP contribution is 2.02. The molecule has 0 aliphatic rings. The average molecular weight is 327 g/mol. The zero-order chi connectivity index (χ0) is 17.4. The molecule has 2 rings (SSSR count). The number of nitrogens with zero attached hydrogens (tertiary/aromatic N) is 3. The first-order chi connectivity index (χ1) is 11.6. The number of hydrogen-bond donors (Lipinski definition) is 2. The number of amides is 3. The van der Waals surface area contributed by atoms with Crippen LogP contribution in [0.5, 0.6) is 0 Å². The maximum Gasteiger partial charge on any atom is 0.317 e. The molecule has 24 heavy (non-hydrogen) atoms. The van der Waals surface area contributed by atoms with E-state index in [0.717, 1.165) is 5.69 Å². The summed E-state index contributed by atoms with van der Waals surface area (Å²) in [5.74, 6) is -0.173. The molecule has 0 saturated heterocycles. The Labute approximate surface area is 141 Å². The standard InChI is InChI=1S/C17H21N5O2/c1-22(2)17(24)21-12-15-11-13(6-9-19-15)16(23)20-10-7-14-5-3-4-8-18-14/h3-6,8-9,11H,7,10,12H2,1-2H3,(H,20,23)(H,21,24). The lowest BCUT2D eigenvalue weighted by Crippen LogP contribution is -2.34. The van der Waals surface area contributed by atoms with Gasteiger partial charge in [0.15, 0.2) is 0 Å². The summed E-state index contributed by atoms with van der Waals surface area (Å²) in [5.41, 5.74) is 2.07. The van der Waals surface area contributed by atoms with E-state index in [9.17, 15) is 9.59 Å². The van der Waals surface area contributed by atoms with Crippen molar-refractivity contribution in [1.82, 2.24) is 25.5 Å². The fraction of sp³-hybridized carbons (Fsp3) is 0.294. The SMILES string of the molecule is CN(C)C(=O)NCc1cc(C(=O)NCCc2ccccn2)ccn1. The van der Waals surface area contributed by atoms with Crippen molar-refractivity contribution >= 4 is 11.9 Å². The molecule has 7 heteroatoms.